The van der Waals surface area contributed by atoms with E-state index in [-0.39, 0.29) is 17.5 Å². The molecule has 158 valence electrons. The fourth-order valence-corrected chi connectivity index (χ4v) is 4.54. The minimum atomic E-state index is -0.465. The van der Waals surface area contributed by atoms with E-state index in [9.17, 15) is 9.90 Å². The zero-order valence-electron chi connectivity index (χ0n) is 17.2. The Morgan fingerprint density at radius 2 is 1.94 bits per heavy atom. The third-order valence-corrected chi connectivity index (χ3v) is 5.97. The van der Waals surface area contributed by atoms with Gasteiger partial charge in [-0.25, -0.2) is 4.68 Å². The molecular formula is C23H22N4O4. The van der Waals surface area contributed by atoms with Gasteiger partial charge >= 0.3 is 0 Å². The van der Waals surface area contributed by atoms with Crippen molar-refractivity contribution in [1.82, 2.24) is 14.8 Å². The Hall–Kier alpha value is -3.81. The number of aromatic nitrogens is 3. The number of fused-ring (bicyclic) bond motifs is 1. The summed E-state index contributed by atoms with van der Waals surface area (Å²) in [6.45, 7) is 0. The molecule has 31 heavy (non-hydrogen) atoms. The average molecular weight is 418 g/mol. The summed E-state index contributed by atoms with van der Waals surface area (Å²) < 4.78 is 12.7. The lowest BCUT2D eigenvalue weighted by molar-refractivity contribution is -0.116. The number of allylic oxidation sites excluding steroid dienone is 2. The molecule has 1 aromatic heterocycles. The van der Waals surface area contributed by atoms with E-state index in [0.717, 1.165) is 16.8 Å². The van der Waals surface area contributed by atoms with Crippen LogP contribution < -0.4 is 14.8 Å². The van der Waals surface area contributed by atoms with Crippen molar-refractivity contribution in [3.63, 3.8) is 0 Å². The second-order valence-corrected chi connectivity index (χ2v) is 7.64. The van der Waals surface area contributed by atoms with Crippen LogP contribution in [0.2, 0.25) is 0 Å². The summed E-state index contributed by atoms with van der Waals surface area (Å²) in [4.78, 5) is 17.8. The second-order valence-electron chi connectivity index (χ2n) is 7.64. The summed E-state index contributed by atoms with van der Waals surface area (Å²) in [5.41, 5.74) is 3.02. The number of hydrogen-bond donors (Lipinski definition) is 2. The number of aromatic hydroxyl groups is 1. The molecule has 8 heteroatoms. The molecule has 0 saturated carbocycles. The van der Waals surface area contributed by atoms with Crippen molar-refractivity contribution in [2.24, 2.45) is 0 Å². The fourth-order valence-electron chi connectivity index (χ4n) is 4.54. The summed E-state index contributed by atoms with van der Waals surface area (Å²) >= 11 is 0. The number of carbonyl (C=O) groups excluding carboxylic acids is 1. The molecule has 2 heterocycles. The molecule has 0 spiro atoms. The van der Waals surface area contributed by atoms with Gasteiger partial charge in [-0.3, -0.25) is 4.79 Å². The van der Waals surface area contributed by atoms with Gasteiger partial charge in [0.05, 0.1) is 14.2 Å². The van der Waals surface area contributed by atoms with E-state index >= 15 is 0 Å². The van der Waals surface area contributed by atoms with E-state index in [1.165, 1.54) is 6.33 Å². The molecule has 0 amide bonds. The first kappa shape index (κ1) is 19.2. The average Bonchev–Trinajstić information content (AvgIpc) is 3.25. The lowest BCUT2D eigenvalue weighted by atomic mass is 9.77. The van der Waals surface area contributed by atoms with Crippen molar-refractivity contribution < 1.29 is 19.4 Å². The standard InChI is InChI=1S/C23H22N4O4/c1-30-14-7-8-16(20(11-14)31-2)22-21-17(26-23-24-12-25-27(22)23)9-13(10-19(21)29)15-5-3-4-6-18(15)28/h3-8,11-13,22,28H,9-10H2,1-2H3,(H,24,25,26)/t13-,22+/m1/s1. The van der Waals surface area contributed by atoms with Crippen LogP contribution >= 0.6 is 0 Å². The first-order valence-corrected chi connectivity index (χ1v) is 10.0. The highest BCUT2D eigenvalue weighted by Gasteiger charge is 2.40. The van der Waals surface area contributed by atoms with Gasteiger partial charge in [-0.05, 0) is 30.2 Å². The number of benzene rings is 2. The van der Waals surface area contributed by atoms with Crippen molar-refractivity contribution >= 4 is 11.7 Å². The second kappa shape index (κ2) is 7.46. The Morgan fingerprint density at radius 1 is 1.10 bits per heavy atom. The molecule has 0 radical (unpaired) electrons. The number of Topliss-reactive ketones (excluding diaryl/α,β-unsaturated/α-hetero) is 1. The molecular weight excluding hydrogens is 396 g/mol. The van der Waals surface area contributed by atoms with Crippen LogP contribution in [0.1, 0.15) is 35.9 Å². The molecule has 5 rings (SSSR count). The first-order valence-electron chi connectivity index (χ1n) is 10.0. The number of phenolic OH excluding ortho intramolecular Hbond substituents is 1. The Balaban J connectivity index is 1.63. The topological polar surface area (TPSA) is 98.5 Å². The number of hydrogen-bond acceptors (Lipinski definition) is 7. The molecule has 0 fully saturated rings. The van der Waals surface area contributed by atoms with E-state index in [0.29, 0.717) is 35.9 Å². The highest BCUT2D eigenvalue weighted by atomic mass is 16.5. The third kappa shape index (κ3) is 3.11. The summed E-state index contributed by atoms with van der Waals surface area (Å²) in [6, 6.07) is 12.2. The predicted molar refractivity (Wildman–Crippen MR) is 113 cm³/mol. The number of anilines is 1. The number of carbonyl (C=O) groups is 1. The lowest BCUT2D eigenvalue weighted by Crippen LogP contribution is -2.33. The molecule has 2 N–H and O–H groups in total. The fraction of sp³-hybridized carbons (Fsp3) is 0.261. The van der Waals surface area contributed by atoms with Crippen LogP contribution in [0.5, 0.6) is 17.2 Å². The van der Waals surface area contributed by atoms with E-state index in [2.05, 4.69) is 15.4 Å². The zero-order chi connectivity index (χ0) is 21.5. The number of methoxy groups -OCH3 is 2. The van der Waals surface area contributed by atoms with Gasteiger partial charge in [-0.2, -0.15) is 10.1 Å². The maximum Gasteiger partial charge on any atom is 0.226 e. The van der Waals surface area contributed by atoms with Crippen LogP contribution in [-0.4, -0.2) is 39.9 Å². The molecule has 3 aromatic rings. The molecule has 1 aliphatic heterocycles. The molecule has 0 bridgehead atoms. The summed E-state index contributed by atoms with van der Waals surface area (Å²) in [6.07, 6.45) is 2.35. The van der Waals surface area contributed by atoms with Crippen LogP contribution in [0.3, 0.4) is 0 Å². The molecule has 0 saturated heterocycles. The Labute approximate surface area is 179 Å². The van der Waals surface area contributed by atoms with Gasteiger partial charge in [-0.15, -0.1) is 0 Å². The molecule has 2 atom stereocenters. The van der Waals surface area contributed by atoms with Crippen molar-refractivity contribution in [2.75, 3.05) is 19.5 Å². The predicted octanol–water partition coefficient (Wildman–Crippen LogP) is 3.42. The van der Waals surface area contributed by atoms with Gasteiger partial charge in [0, 0.05) is 35.2 Å². The van der Waals surface area contributed by atoms with E-state index in [1.54, 1.807) is 37.1 Å². The van der Waals surface area contributed by atoms with Crippen molar-refractivity contribution in [3.05, 3.63) is 71.2 Å². The number of para-hydroxylation sites is 1. The van der Waals surface area contributed by atoms with Crippen LogP contribution in [0.25, 0.3) is 0 Å². The number of rotatable bonds is 4. The third-order valence-electron chi connectivity index (χ3n) is 5.97. The van der Waals surface area contributed by atoms with Crippen LogP contribution in [0, 0.1) is 0 Å². The van der Waals surface area contributed by atoms with E-state index in [4.69, 9.17) is 9.47 Å². The molecule has 8 nitrogen and oxygen atoms in total. The molecule has 1 aliphatic carbocycles. The minimum Gasteiger partial charge on any atom is -0.508 e. The maximum atomic E-state index is 13.5. The molecule has 2 aromatic carbocycles. The van der Waals surface area contributed by atoms with E-state index in [1.807, 2.05) is 24.3 Å². The SMILES string of the molecule is COc1ccc([C@H]2C3=C(C[C@@H](c4ccccc4O)CC3=O)Nc3ncnn32)c(OC)c1. The monoisotopic (exact) mass is 418 g/mol. The van der Waals surface area contributed by atoms with Crippen LogP contribution in [-0.2, 0) is 4.79 Å². The number of ketones is 1. The molecule has 0 unspecified atom stereocenters. The largest absolute Gasteiger partial charge is 0.508 e. The zero-order valence-corrected chi connectivity index (χ0v) is 17.2. The van der Waals surface area contributed by atoms with Crippen molar-refractivity contribution in [1.29, 1.82) is 0 Å². The van der Waals surface area contributed by atoms with Crippen molar-refractivity contribution in [2.45, 2.75) is 24.8 Å². The minimum absolute atomic E-state index is 0.00558. The number of ether oxygens (including phenoxy) is 2. The van der Waals surface area contributed by atoms with E-state index < -0.39 is 6.04 Å². The quantitative estimate of drug-likeness (QED) is 0.670. The van der Waals surface area contributed by atoms with Crippen LogP contribution in [0.15, 0.2) is 60.1 Å². The highest BCUT2D eigenvalue weighted by Crippen LogP contribution is 2.47. The number of nitrogens with one attached hydrogen (secondary N) is 1. The first-order chi connectivity index (χ1) is 15.1. The number of phenols is 1. The Morgan fingerprint density at radius 3 is 2.71 bits per heavy atom. The van der Waals surface area contributed by atoms with Gasteiger partial charge < -0.3 is 19.9 Å². The smallest absolute Gasteiger partial charge is 0.226 e. The normalized spacial score (nSPS) is 20.0. The maximum absolute atomic E-state index is 13.5. The highest BCUT2D eigenvalue weighted by molar-refractivity contribution is 6.00. The summed E-state index contributed by atoms with van der Waals surface area (Å²) in [5, 5.41) is 18.0. The van der Waals surface area contributed by atoms with Crippen molar-refractivity contribution in [3.8, 4) is 17.2 Å². The summed E-state index contributed by atoms with van der Waals surface area (Å²) in [7, 11) is 3.19. The Bertz CT molecular complexity index is 1200. The van der Waals surface area contributed by atoms with Crippen LogP contribution in [0.4, 0.5) is 5.95 Å². The molecule has 2 aliphatic rings. The lowest BCUT2D eigenvalue weighted by Gasteiger charge is -2.35. The Kier molecular flexibility index (Phi) is 4.62. The van der Waals surface area contributed by atoms with Gasteiger partial charge in [0.1, 0.15) is 29.6 Å². The van der Waals surface area contributed by atoms with Gasteiger partial charge in [0.15, 0.2) is 5.78 Å². The van der Waals surface area contributed by atoms with Gasteiger partial charge in [0.2, 0.25) is 5.95 Å². The summed E-state index contributed by atoms with van der Waals surface area (Å²) in [5.74, 6) is 1.93. The van der Waals surface area contributed by atoms with Gasteiger partial charge in [-0.1, -0.05) is 18.2 Å². The number of nitrogens with zero attached hydrogens (tertiary/aromatic N) is 3. The van der Waals surface area contributed by atoms with Gasteiger partial charge in [0.25, 0.3) is 0 Å².